The summed E-state index contributed by atoms with van der Waals surface area (Å²) in [7, 11) is 1.40. The van der Waals surface area contributed by atoms with Crippen LogP contribution in [-0.4, -0.2) is 12.9 Å². The highest BCUT2D eigenvalue weighted by molar-refractivity contribution is 9.10. The highest BCUT2D eigenvalue weighted by Gasteiger charge is 2.13. The van der Waals surface area contributed by atoms with Gasteiger partial charge in [-0.2, -0.15) is 0 Å². The molecule has 0 saturated carbocycles. The number of methoxy groups -OCH3 is 1. The molecule has 2 N–H and O–H groups in total. The molecule has 2 aromatic carbocycles. The van der Waals surface area contributed by atoms with Gasteiger partial charge in [0.1, 0.15) is 0 Å². The average Bonchev–Trinajstić information content (AvgIpc) is 2.41. The van der Waals surface area contributed by atoms with Gasteiger partial charge in [-0.15, -0.1) is 0 Å². The second-order valence-corrected chi connectivity index (χ2v) is 5.16. The number of hydrogen-bond acceptors (Lipinski definition) is 3. The Labute approximate surface area is 124 Å². The van der Waals surface area contributed by atoms with Gasteiger partial charge < -0.3 is 10.5 Å². The van der Waals surface area contributed by atoms with E-state index in [1.165, 1.54) is 19.2 Å². The number of rotatable bonds is 4. The van der Waals surface area contributed by atoms with E-state index in [9.17, 15) is 9.18 Å². The van der Waals surface area contributed by atoms with E-state index in [0.717, 1.165) is 0 Å². The van der Waals surface area contributed by atoms with Crippen molar-refractivity contribution in [1.29, 1.82) is 0 Å². The molecule has 0 aliphatic carbocycles. The number of halogens is 2. The largest absolute Gasteiger partial charge is 0.494 e. The maximum atomic E-state index is 13.6. The minimum Gasteiger partial charge on any atom is -0.494 e. The van der Waals surface area contributed by atoms with Gasteiger partial charge in [0.25, 0.3) is 0 Å². The van der Waals surface area contributed by atoms with Crippen molar-refractivity contribution in [3.63, 3.8) is 0 Å². The predicted octanol–water partition coefficient (Wildman–Crippen LogP) is 3.60. The first kappa shape index (κ1) is 14.5. The molecule has 0 aliphatic heterocycles. The van der Waals surface area contributed by atoms with Crippen molar-refractivity contribution in [2.75, 3.05) is 12.8 Å². The Morgan fingerprint density at radius 1 is 1.30 bits per heavy atom. The zero-order chi connectivity index (χ0) is 14.7. The van der Waals surface area contributed by atoms with Crippen LogP contribution >= 0.6 is 15.9 Å². The number of Topliss-reactive ketones (excluding diaryl/α,β-unsaturated/α-hetero) is 1. The fourth-order valence-electron chi connectivity index (χ4n) is 1.86. The molecule has 0 heterocycles. The molecule has 0 unspecified atom stereocenters. The molecule has 104 valence electrons. The summed E-state index contributed by atoms with van der Waals surface area (Å²) in [5.74, 6) is -0.454. The molecule has 2 aromatic rings. The summed E-state index contributed by atoms with van der Waals surface area (Å²) in [5, 5.41) is 0. The van der Waals surface area contributed by atoms with Crippen LogP contribution in [0.2, 0.25) is 0 Å². The standard InChI is InChI=1S/C15H13BrFNO2/c1-20-15-5-2-9(6-13(15)17)7-14(19)11-8-10(18)3-4-12(11)16/h2-6,8H,7,18H2,1H3. The highest BCUT2D eigenvalue weighted by atomic mass is 79.9. The van der Waals surface area contributed by atoms with E-state index in [-0.39, 0.29) is 18.0 Å². The molecule has 0 aliphatic rings. The fourth-order valence-corrected chi connectivity index (χ4v) is 2.32. The number of carbonyl (C=O) groups excluding carboxylic acids is 1. The summed E-state index contributed by atoms with van der Waals surface area (Å²) in [6.07, 6.45) is 0.100. The van der Waals surface area contributed by atoms with Crippen LogP contribution < -0.4 is 10.5 Å². The normalized spacial score (nSPS) is 10.3. The second-order valence-electron chi connectivity index (χ2n) is 4.31. The lowest BCUT2D eigenvalue weighted by atomic mass is 10.0. The molecular formula is C15H13BrFNO2. The molecule has 0 bridgehead atoms. The molecule has 3 nitrogen and oxygen atoms in total. The maximum absolute atomic E-state index is 13.6. The van der Waals surface area contributed by atoms with Crippen LogP contribution in [0.5, 0.6) is 5.75 Å². The van der Waals surface area contributed by atoms with Gasteiger partial charge in [-0.1, -0.05) is 22.0 Å². The number of benzene rings is 2. The Kier molecular flexibility index (Phi) is 4.39. The fraction of sp³-hybridized carbons (Fsp3) is 0.133. The van der Waals surface area contributed by atoms with Crippen LogP contribution in [0.4, 0.5) is 10.1 Å². The maximum Gasteiger partial charge on any atom is 0.168 e. The number of nitrogen functional groups attached to an aromatic ring is 1. The first-order chi connectivity index (χ1) is 9.51. The van der Waals surface area contributed by atoms with Gasteiger partial charge in [0, 0.05) is 22.1 Å². The van der Waals surface area contributed by atoms with Crippen LogP contribution in [0.1, 0.15) is 15.9 Å². The monoisotopic (exact) mass is 337 g/mol. The van der Waals surface area contributed by atoms with Crippen LogP contribution in [0.15, 0.2) is 40.9 Å². The van der Waals surface area contributed by atoms with Crippen molar-refractivity contribution in [3.8, 4) is 5.75 Å². The molecule has 0 radical (unpaired) electrons. The average molecular weight is 338 g/mol. The Bertz CT molecular complexity index is 658. The molecular weight excluding hydrogens is 325 g/mol. The van der Waals surface area contributed by atoms with Gasteiger partial charge in [0.2, 0.25) is 0 Å². The summed E-state index contributed by atoms with van der Waals surface area (Å²) in [5.41, 5.74) is 7.26. The Balaban J connectivity index is 2.23. The third-order valence-electron chi connectivity index (χ3n) is 2.87. The number of ether oxygens (including phenoxy) is 1. The van der Waals surface area contributed by atoms with Crippen molar-refractivity contribution < 1.29 is 13.9 Å². The van der Waals surface area contributed by atoms with Gasteiger partial charge in [-0.25, -0.2) is 4.39 Å². The van der Waals surface area contributed by atoms with Crippen molar-refractivity contribution in [2.24, 2.45) is 0 Å². The SMILES string of the molecule is COc1ccc(CC(=O)c2cc(N)ccc2Br)cc1F. The van der Waals surface area contributed by atoms with Crippen molar-refractivity contribution >= 4 is 27.4 Å². The van der Waals surface area contributed by atoms with Gasteiger partial charge in [-0.3, -0.25) is 4.79 Å². The number of carbonyl (C=O) groups is 1. The first-order valence-corrected chi connectivity index (χ1v) is 6.71. The lowest BCUT2D eigenvalue weighted by Crippen LogP contribution is -2.06. The van der Waals surface area contributed by atoms with E-state index < -0.39 is 5.82 Å². The molecule has 2 rings (SSSR count). The van der Waals surface area contributed by atoms with Crippen molar-refractivity contribution in [2.45, 2.75) is 6.42 Å². The van der Waals surface area contributed by atoms with E-state index in [1.807, 2.05) is 0 Å². The number of nitrogens with two attached hydrogens (primary N) is 1. The summed E-state index contributed by atoms with van der Waals surface area (Å²) in [6.45, 7) is 0. The topological polar surface area (TPSA) is 52.3 Å². The number of anilines is 1. The van der Waals surface area contributed by atoms with Gasteiger partial charge in [0.15, 0.2) is 17.3 Å². The molecule has 0 spiro atoms. The van der Waals surface area contributed by atoms with E-state index in [4.69, 9.17) is 10.5 Å². The third-order valence-corrected chi connectivity index (χ3v) is 3.56. The van der Waals surface area contributed by atoms with E-state index in [1.54, 1.807) is 24.3 Å². The summed E-state index contributed by atoms with van der Waals surface area (Å²) in [6, 6.07) is 9.50. The van der Waals surface area contributed by atoms with Crippen LogP contribution in [0, 0.1) is 5.82 Å². The smallest absolute Gasteiger partial charge is 0.168 e. The van der Waals surface area contributed by atoms with Gasteiger partial charge >= 0.3 is 0 Å². The molecule has 0 aromatic heterocycles. The lowest BCUT2D eigenvalue weighted by molar-refractivity contribution is 0.0992. The Hall–Kier alpha value is -1.88. The lowest BCUT2D eigenvalue weighted by Gasteiger charge is -2.07. The summed E-state index contributed by atoms with van der Waals surface area (Å²) in [4.78, 5) is 12.2. The van der Waals surface area contributed by atoms with E-state index in [0.29, 0.717) is 21.3 Å². The zero-order valence-electron chi connectivity index (χ0n) is 10.8. The van der Waals surface area contributed by atoms with E-state index in [2.05, 4.69) is 15.9 Å². The van der Waals surface area contributed by atoms with Crippen molar-refractivity contribution in [1.82, 2.24) is 0 Å². The molecule has 0 amide bonds. The molecule has 20 heavy (non-hydrogen) atoms. The minimum atomic E-state index is -0.482. The molecule has 5 heteroatoms. The first-order valence-electron chi connectivity index (χ1n) is 5.92. The van der Waals surface area contributed by atoms with E-state index >= 15 is 0 Å². The Morgan fingerprint density at radius 3 is 2.70 bits per heavy atom. The third kappa shape index (κ3) is 3.17. The minimum absolute atomic E-state index is 0.100. The summed E-state index contributed by atoms with van der Waals surface area (Å²) < 4.78 is 19.1. The van der Waals surface area contributed by atoms with Crippen LogP contribution in [0.3, 0.4) is 0 Å². The molecule has 0 fully saturated rings. The predicted molar refractivity (Wildman–Crippen MR) is 79.5 cm³/mol. The van der Waals surface area contributed by atoms with Crippen LogP contribution in [0.25, 0.3) is 0 Å². The second kappa shape index (κ2) is 6.05. The Morgan fingerprint density at radius 2 is 2.05 bits per heavy atom. The quantitative estimate of drug-likeness (QED) is 0.685. The van der Waals surface area contributed by atoms with Gasteiger partial charge in [-0.05, 0) is 35.9 Å². The zero-order valence-corrected chi connectivity index (χ0v) is 12.4. The molecule has 0 atom stereocenters. The number of hydrogen-bond donors (Lipinski definition) is 1. The van der Waals surface area contributed by atoms with Gasteiger partial charge in [0.05, 0.1) is 7.11 Å². The summed E-state index contributed by atoms with van der Waals surface area (Å²) >= 11 is 3.31. The number of ketones is 1. The van der Waals surface area contributed by atoms with Crippen molar-refractivity contribution in [3.05, 3.63) is 57.8 Å². The molecule has 0 saturated heterocycles. The van der Waals surface area contributed by atoms with Crippen LogP contribution in [-0.2, 0) is 6.42 Å². The highest BCUT2D eigenvalue weighted by Crippen LogP contribution is 2.23.